The molecule has 0 aromatic heterocycles. The lowest BCUT2D eigenvalue weighted by Gasteiger charge is -2.42. The molecule has 11 heteroatoms. The molecule has 1 aliphatic rings. The van der Waals surface area contributed by atoms with E-state index < -0.39 is 50.4 Å². The van der Waals surface area contributed by atoms with Gasteiger partial charge in [0.25, 0.3) is 0 Å². The Morgan fingerprint density at radius 1 is 0.679 bits per heavy atom. The Balaban J connectivity index is 2.49. The summed E-state index contributed by atoms with van der Waals surface area (Å²) in [7, 11) is -12.5. The molecule has 0 spiro atoms. The minimum atomic E-state index is -2.36. The molecule has 1 aromatic rings. The fraction of sp³-hybridized carbons (Fsp3) is 0.810. The molecular formula is C42H86O5Si6. The van der Waals surface area contributed by atoms with E-state index in [4.69, 9.17) is 16.5 Å². The summed E-state index contributed by atoms with van der Waals surface area (Å²) >= 11 is 0. The van der Waals surface area contributed by atoms with Crippen molar-refractivity contribution < 1.29 is 21.6 Å². The molecule has 5 nitrogen and oxygen atoms in total. The van der Waals surface area contributed by atoms with Crippen molar-refractivity contribution in [3.05, 3.63) is 40.5 Å². The van der Waals surface area contributed by atoms with E-state index in [9.17, 15) is 5.11 Å². The molecular weight excluding hydrogens is 753 g/mol. The molecule has 0 heterocycles. The number of benzene rings is 1. The van der Waals surface area contributed by atoms with Gasteiger partial charge in [-0.15, -0.1) is 0 Å². The zero-order valence-electron chi connectivity index (χ0n) is 37.9. The van der Waals surface area contributed by atoms with Crippen LogP contribution >= 0.6 is 0 Å². The average Bonchev–Trinajstić information content (AvgIpc) is 2.96. The minimum absolute atomic E-state index is 0.178. The van der Waals surface area contributed by atoms with E-state index in [0.717, 1.165) is 43.3 Å². The normalized spacial score (nSPS) is 18.7. The zero-order chi connectivity index (χ0) is 40.5. The van der Waals surface area contributed by atoms with Crippen LogP contribution in [-0.2, 0) is 28.9 Å². The van der Waals surface area contributed by atoms with Gasteiger partial charge in [-0.05, 0) is 164 Å². The summed E-state index contributed by atoms with van der Waals surface area (Å²) in [5.74, 6) is 1.57. The molecule has 0 saturated heterocycles. The van der Waals surface area contributed by atoms with E-state index in [0.29, 0.717) is 17.6 Å². The van der Waals surface area contributed by atoms with Crippen LogP contribution in [0.3, 0.4) is 0 Å². The molecule has 0 saturated carbocycles. The maximum atomic E-state index is 12.1. The van der Waals surface area contributed by atoms with Gasteiger partial charge in [0.05, 0.1) is 0 Å². The number of allylic oxidation sites excluding steroid dienone is 2. The van der Waals surface area contributed by atoms with Gasteiger partial charge in [-0.1, -0.05) is 83.9 Å². The fourth-order valence-corrected chi connectivity index (χ4v) is 38.8. The molecule has 1 unspecified atom stereocenters. The first kappa shape index (κ1) is 49.0. The smallest absolute Gasteiger partial charge is 0.311 e. The topological polar surface area (TPSA) is 57.2 Å². The monoisotopic (exact) mass is 839 g/mol. The first-order chi connectivity index (χ1) is 24.3. The number of phenolic OH excluding ortho intramolecular Hbond substituents is 1. The predicted octanol–water partition coefficient (Wildman–Crippen LogP) is 14.2. The summed E-state index contributed by atoms with van der Waals surface area (Å²) < 4.78 is 28.3. The van der Waals surface area contributed by atoms with Crippen molar-refractivity contribution in [1.29, 1.82) is 0 Å². The van der Waals surface area contributed by atoms with Crippen LogP contribution in [0.1, 0.15) is 115 Å². The Kier molecular flexibility index (Phi) is 19.0. The molecule has 0 radical (unpaired) electrons. The first-order valence-electron chi connectivity index (χ1n) is 21.6. The summed E-state index contributed by atoms with van der Waals surface area (Å²) in [4.78, 5) is 0. The second-order valence-electron chi connectivity index (χ2n) is 20.2. The van der Waals surface area contributed by atoms with E-state index in [1.165, 1.54) is 67.3 Å². The average molecular weight is 840 g/mol. The summed E-state index contributed by atoms with van der Waals surface area (Å²) in [6.45, 7) is 39.7. The van der Waals surface area contributed by atoms with Crippen LogP contribution in [0.25, 0.3) is 0 Å². The summed E-state index contributed by atoms with van der Waals surface area (Å²) in [6.07, 6.45) is 14.2. The highest BCUT2D eigenvalue weighted by Crippen LogP contribution is 2.47. The van der Waals surface area contributed by atoms with Gasteiger partial charge in [0, 0.05) is 11.5 Å². The Hall–Kier alpha value is -0.0987. The molecule has 1 N–H and O–H groups in total. The molecule has 0 fully saturated rings. The van der Waals surface area contributed by atoms with Crippen LogP contribution in [0.15, 0.2) is 23.8 Å². The number of unbranched alkanes of at least 4 members (excludes halogenated alkanes) is 4. The third kappa shape index (κ3) is 17.5. The predicted molar refractivity (Wildman–Crippen MR) is 247 cm³/mol. The standard InChI is InChI=1S/C42H86O5Si6/c1-18-21-24-25-37-31-38(34-51(12,13)47-53(16,17)45-49(8,9)29-23-20-3)42(41(43)32-37)40-30-35(4)26-27-39(40)36(5)33-50(10,11)46-52(14,15)44-48(6,7)28-22-19-2/h30-32,36,39-40,43H,18-29,33-34H2,1-17H3/t36?,39-,40+/m0/s1. The van der Waals surface area contributed by atoms with Crippen LogP contribution in [0.5, 0.6) is 5.75 Å². The molecule has 3 atom stereocenters. The molecule has 2 rings (SSSR count). The van der Waals surface area contributed by atoms with Gasteiger partial charge in [-0.25, -0.2) is 0 Å². The van der Waals surface area contributed by atoms with Gasteiger partial charge < -0.3 is 21.6 Å². The van der Waals surface area contributed by atoms with E-state index in [-0.39, 0.29) is 5.92 Å². The van der Waals surface area contributed by atoms with Gasteiger partial charge in [0.15, 0.2) is 33.3 Å². The minimum Gasteiger partial charge on any atom is -0.508 e. The Morgan fingerprint density at radius 2 is 1.17 bits per heavy atom. The molecule has 0 bridgehead atoms. The summed E-state index contributed by atoms with van der Waals surface area (Å²) in [6, 6.07) is 8.93. The highest BCUT2D eigenvalue weighted by Gasteiger charge is 2.44. The van der Waals surface area contributed by atoms with E-state index in [1.54, 1.807) is 0 Å². The van der Waals surface area contributed by atoms with Gasteiger partial charge >= 0.3 is 17.1 Å². The van der Waals surface area contributed by atoms with Crippen molar-refractivity contribution in [2.24, 2.45) is 11.8 Å². The van der Waals surface area contributed by atoms with E-state index >= 15 is 0 Å². The van der Waals surface area contributed by atoms with Gasteiger partial charge in [-0.3, -0.25) is 0 Å². The van der Waals surface area contributed by atoms with Crippen molar-refractivity contribution in [2.45, 2.75) is 207 Å². The van der Waals surface area contributed by atoms with Crippen molar-refractivity contribution in [1.82, 2.24) is 0 Å². The highest BCUT2D eigenvalue weighted by molar-refractivity contribution is 6.88. The van der Waals surface area contributed by atoms with Crippen LogP contribution < -0.4 is 0 Å². The lowest BCUT2D eigenvalue weighted by molar-refractivity contribution is 0.297. The molecule has 0 aliphatic heterocycles. The van der Waals surface area contributed by atoms with Crippen LogP contribution in [0, 0.1) is 11.8 Å². The molecule has 1 aliphatic carbocycles. The quantitative estimate of drug-likeness (QED) is 0.0638. The van der Waals surface area contributed by atoms with Crippen LogP contribution in [-0.4, -0.2) is 55.5 Å². The van der Waals surface area contributed by atoms with Crippen molar-refractivity contribution >= 4 is 50.4 Å². The number of hydrogen-bond acceptors (Lipinski definition) is 5. The third-order valence-corrected chi connectivity index (χ3v) is 33.7. The molecule has 308 valence electrons. The van der Waals surface area contributed by atoms with E-state index in [1.807, 2.05) is 0 Å². The van der Waals surface area contributed by atoms with Crippen molar-refractivity contribution in [3.63, 3.8) is 0 Å². The maximum Gasteiger partial charge on any atom is 0.311 e. The largest absolute Gasteiger partial charge is 0.508 e. The number of hydrogen-bond donors (Lipinski definition) is 1. The van der Waals surface area contributed by atoms with Gasteiger partial charge in [-0.2, -0.15) is 0 Å². The van der Waals surface area contributed by atoms with Crippen molar-refractivity contribution in [2.75, 3.05) is 0 Å². The summed E-state index contributed by atoms with van der Waals surface area (Å²) in [5, 5.41) is 12.1. The second-order valence-corrected chi connectivity index (χ2v) is 44.9. The lowest BCUT2D eigenvalue weighted by atomic mass is 9.71. The lowest BCUT2D eigenvalue weighted by Crippen LogP contribution is -2.53. The number of rotatable bonds is 24. The Morgan fingerprint density at radius 3 is 1.68 bits per heavy atom. The number of aromatic hydroxyl groups is 1. The van der Waals surface area contributed by atoms with Crippen LogP contribution in [0.4, 0.5) is 0 Å². The SMILES string of the molecule is CCCCCc1cc(O)c([C@@H]2C=C(C)CC[C@H]2C(C)C[Si](C)(C)O[Si](C)(C)O[Si](C)(C)CCCC)c(C[Si](C)(C)O[Si](C)(C)O[Si](C)(C)CCCC)c1. The highest BCUT2D eigenvalue weighted by atomic mass is 28.5. The first-order valence-corrected chi connectivity index (χ1v) is 39.7. The molecule has 0 amide bonds. The Bertz CT molecular complexity index is 1310. The molecule has 53 heavy (non-hydrogen) atoms. The number of phenols is 1. The number of aryl methyl sites for hydroxylation is 1. The summed E-state index contributed by atoms with van der Waals surface area (Å²) in [5.41, 5.74) is 5.17. The van der Waals surface area contributed by atoms with Gasteiger partial charge in [0.2, 0.25) is 0 Å². The van der Waals surface area contributed by atoms with Gasteiger partial charge in [0.1, 0.15) is 5.75 Å². The maximum absolute atomic E-state index is 12.1. The Labute approximate surface area is 335 Å². The molecule has 1 aromatic carbocycles. The van der Waals surface area contributed by atoms with Crippen LogP contribution in [0.2, 0.25) is 96.7 Å². The zero-order valence-corrected chi connectivity index (χ0v) is 43.9. The van der Waals surface area contributed by atoms with E-state index in [2.05, 4.69) is 131 Å². The fourth-order valence-electron chi connectivity index (χ4n) is 9.51. The second kappa shape index (κ2) is 20.5. The van der Waals surface area contributed by atoms with Crippen molar-refractivity contribution in [3.8, 4) is 5.75 Å². The third-order valence-electron chi connectivity index (χ3n) is 11.0.